The van der Waals surface area contributed by atoms with Crippen LogP contribution in [0, 0.1) is 28.8 Å². The molecule has 8 heteroatoms. The average Bonchev–Trinajstić information content (AvgIpc) is 2.85. The molecule has 0 radical (unpaired) electrons. The summed E-state index contributed by atoms with van der Waals surface area (Å²) in [7, 11) is 0. The number of amides is 1. The minimum absolute atomic E-state index is 0.0602. The van der Waals surface area contributed by atoms with Crippen molar-refractivity contribution in [1.29, 1.82) is 0 Å². The summed E-state index contributed by atoms with van der Waals surface area (Å²) in [4.78, 5) is 33.4. The molecule has 0 aliphatic heterocycles. The third-order valence-electron chi connectivity index (χ3n) is 3.81. The molecule has 0 unspecified atom stereocenters. The smallest absolute Gasteiger partial charge is 0.306 e. The summed E-state index contributed by atoms with van der Waals surface area (Å²) < 4.78 is 13.4. The van der Waals surface area contributed by atoms with Crippen LogP contribution in [-0.2, 0) is 4.79 Å². The van der Waals surface area contributed by atoms with Crippen LogP contribution in [0.3, 0.4) is 0 Å². The van der Waals surface area contributed by atoms with Crippen LogP contribution in [0.1, 0.15) is 35.2 Å². The number of hydrogen-bond acceptors (Lipinski definition) is 4. The number of nitrogens with one attached hydrogen (secondary N) is 1. The van der Waals surface area contributed by atoms with Crippen molar-refractivity contribution in [3.8, 4) is 0 Å². The lowest BCUT2D eigenvalue weighted by Gasteiger charge is -2.13. The van der Waals surface area contributed by atoms with Gasteiger partial charge in [0.25, 0.3) is 11.6 Å². The summed E-state index contributed by atoms with van der Waals surface area (Å²) in [6.45, 7) is 1.36. The Labute approximate surface area is 125 Å². The second kappa shape index (κ2) is 6.08. The number of carbonyl (C=O) groups excluding carboxylic acids is 1. The van der Waals surface area contributed by atoms with Crippen LogP contribution in [0.2, 0.25) is 0 Å². The number of rotatable bonds is 4. The minimum atomic E-state index is -0.927. The van der Waals surface area contributed by atoms with Crippen molar-refractivity contribution in [2.45, 2.75) is 32.2 Å². The number of nitro groups is 1. The van der Waals surface area contributed by atoms with Gasteiger partial charge in [0.05, 0.1) is 10.8 Å². The quantitative estimate of drug-likeness (QED) is 0.653. The lowest BCUT2D eigenvalue weighted by atomic mass is 10.1. The first-order valence-corrected chi connectivity index (χ1v) is 6.77. The van der Waals surface area contributed by atoms with E-state index in [0.717, 1.165) is 12.1 Å². The Morgan fingerprint density at radius 1 is 1.41 bits per heavy atom. The van der Waals surface area contributed by atoms with Crippen molar-refractivity contribution in [2.24, 2.45) is 5.92 Å². The average molecular weight is 310 g/mol. The van der Waals surface area contributed by atoms with Gasteiger partial charge in [-0.2, -0.15) is 0 Å². The zero-order valence-corrected chi connectivity index (χ0v) is 11.8. The van der Waals surface area contributed by atoms with Gasteiger partial charge in [-0.3, -0.25) is 19.7 Å². The molecule has 7 nitrogen and oxygen atoms in total. The van der Waals surface area contributed by atoms with E-state index in [9.17, 15) is 24.1 Å². The fourth-order valence-electron chi connectivity index (χ4n) is 2.75. The lowest BCUT2D eigenvalue weighted by molar-refractivity contribution is -0.385. The first-order chi connectivity index (χ1) is 10.3. The van der Waals surface area contributed by atoms with Crippen molar-refractivity contribution >= 4 is 17.6 Å². The molecule has 0 saturated heterocycles. The predicted molar refractivity (Wildman–Crippen MR) is 74.0 cm³/mol. The highest BCUT2D eigenvalue weighted by Crippen LogP contribution is 2.28. The number of nitro benzene ring substituents is 1. The Morgan fingerprint density at radius 3 is 2.64 bits per heavy atom. The molecule has 1 aromatic carbocycles. The summed E-state index contributed by atoms with van der Waals surface area (Å²) in [6, 6.07) is 1.44. The van der Waals surface area contributed by atoms with Crippen LogP contribution in [0.5, 0.6) is 0 Å². The zero-order valence-electron chi connectivity index (χ0n) is 11.8. The number of carboxylic acids is 1. The molecular weight excluding hydrogens is 295 g/mol. The van der Waals surface area contributed by atoms with Gasteiger partial charge in [-0.25, -0.2) is 4.39 Å². The predicted octanol–water partition coefficient (Wildman–Crippen LogP) is 2.03. The van der Waals surface area contributed by atoms with Crippen molar-refractivity contribution in [3.05, 3.63) is 39.2 Å². The van der Waals surface area contributed by atoms with Gasteiger partial charge in [-0.05, 0) is 38.3 Å². The van der Waals surface area contributed by atoms with Crippen LogP contribution in [0.15, 0.2) is 12.1 Å². The van der Waals surface area contributed by atoms with Crippen molar-refractivity contribution in [3.63, 3.8) is 0 Å². The highest BCUT2D eigenvalue weighted by atomic mass is 19.1. The number of carbonyl (C=O) groups is 2. The Balaban J connectivity index is 2.20. The molecule has 0 bridgehead atoms. The molecule has 2 atom stereocenters. The van der Waals surface area contributed by atoms with Gasteiger partial charge < -0.3 is 10.4 Å². The van der Waals surface area contributed by atoms with Gasteiger partial charge in [0.1, 0.15) is 11.4 Å². The fraction of sp³-hybridized carbons (Fsp3) is 0.429. The molecule has 2 N–H and O–H groups in total. The molecule has 0 aromatic heterocycles. The molecule has 0 spiro atoms. The molecule has 2 rings (SSSR count). The second-order valence-corrected chi connectivity index (χ2v) is 5.39. The van der Waals surface area contributed by atoms with Crippen LogP contribution in [0.25, 0.3) is 0 Å². The molecule has 1 aliphatic carbocycles. The Morgan fingerprint density at radius 2 is 2.09 bits per heavy atom. The van der Waals surface area contributed by atoms with Crippen LogP contribution in [0.4, 0.5) is 10.1 Å². The van der Waals surface area contributed by atoms with Crippen LogP contribution < -0.4 is 5.32 Å². The van der Waals surface area contributed by atoms with Crippen LogP contribution in [-0.4, -0.2) is 27.9 Å². The molecular formula is C14H15FN2O5. The maximum atomic E-state index is 13.4. The molecule has 1 aromatic rings. The number of aliphatic carboxylic acids is 1. The Bertz CT molecular complexity index is 646. The number of benzene rings is 1. The van der Waals surface area contributed by atoms with E-state index in [-0.39, 0.29) is 23.6 Å². The maximum Gasteiger partial charge on any atom is 0.306 e. The third kappa shape index (κ3) is 3.21. The number of carboxylic acid groups (broad SMARTS) is 1. The lowest BCUT2D eigenvalue weighted by Crippen LogP contribution is -2.34. The highest BCUT2D eigenvalue weighted by molar-refractivity contribution is 5.98. The van der Waals surface area contributed by atoms with Crippen molar-refractivity contribution in [2.75, 3.05) is 0 Å². The summed E-state index contributed by atoms with van der Waals surface area (Å²) in [6.07, 6.45) is 1.18. The van der Waals surface area contributed by atoms with E-state index in [1.54, 1.807) is 0 Å². The molecule has 1 saturated carbocycles. The second-order valence-electron chi connectivity index (χ2n) is 5.39. The SMILES string of the molecule is Cc1cc(F)cc(C(=O)N[C@@H]2CC[C@H](C(=O)O)C2)c1[N+](=O)[O-]. The van der Waals surface area contributed by atoms with Crippen molar-refractivity contribution < 1.29 is 24.0 Å². The van der Waals surface area contributed by atoms with E-state index in [2.05, 4.69) is 5.32 Å². The van der Waals surface area contributed by atoms with E-state index in [1.807, 2.05) is 0 Å². The van der Waals surface area contributed by atoms with Crippen LogP contribution >= 0.6 is 0 Å². The topological polar surface area (TPSA) is 110 Å². The van der Waals surface area contributed by atoms with E-state index in [0.29, 0.717) is 12.8 Å². The minimum Gasteiger partial charge on any atom is -0.481 e. The van der Waals surface area contributed by atoms with E-state index < -0.39 is 34.2 Å². The van der Waals surface area contributed by atoms with Gasteiger partial charge in [-0.1, -0.05) is 0 Å². The summed E-state index contributed by atoms with van der Waals surface area (Å²) in [5.74, 6) is -2.95. The molecule has 1 amide bonds. The fourth-order valence-corrected chi connectivity index (χ4v) is 2.75. The van der Waals surface area contributed by atoms with Gasteiger partial charge in [0.15, 0.2) is 0 Å². The molecule has 1 fully saturated rings. The monoisotopic (exact) mass is 310 g/mol. The first kappa shape index (κ1) is 15.9. The van der Waals surface area contributed by atoms with E-state index >= 15 is 0 Å². The third-order valence-corrected chi connectivity index (χ3v) is 3.81. The van der Waals surface area contributed by atoms with Gasteiger partial charge in [0, 0.05) is 11.6 Å². The molecule has 118 valence electrons. The van der Waals surface area contributed by atoms with E-state index in [1.165, 1.54) is 6.92 Å². The molecule has 1 aliphatic rings. The molecule has 22 heavy (non-hydrogen) atoms. The Hall–Kier alpha value is -2.51. The number of nitrogens with zero attached hydrogens (tertiary/aromatic N) is 1. The van der Waals surface area contributed by atoms with Gasteiger partial charge in [-0.15, -0.1) is 0 Å². The number of hydrogen-bond donors (Lipinski definition) is 2. The summed E-state index contributed by atoms with van der Waals surface area (Å²) >= 11 is 0. The van der Waals surface area contributed by atoms with Gasteiger partial charge in [0.2, 0.25) is 0 Å². The standard InChI is InChI=1S/C14H15FN2O5/c1-7-4-9(15)6-11(12(7)17(21)22)13(18)16-10-3-2-8(5-10)14(19)20/h4,6,8,10H,2-3,5H2,1H3,(H,16,18)(H,19,20)/t8-,10+/m0/s1. The zero-order chi connectivity index (χ0) is 16.4. The largest absolute Gasteiger partial charge is 0.481 e. The maximum absolute atomic E-state index is 13.4. The highest BCUT2D eigenvalue weighted by Gasteiger charge is 2.32. The molecule has 0 heterocycles. The normalized spacial score (nSPS) is 20.6. The summed E-state index contributed by atoms with van der Waals surface area (Å²) in [5.41, 5.74) is -0.724. The first-order valence-electron chi connectivity index (χ1n) is 6.77. The van der Waals surface area contributed by atoms with Crippen molar-refractivity contribution in [1.82, 2.24) is 5.32 Å². The van der Waals surface area contributed by atoms with E-state index in [4.69, 9.17) is 5.11 Å². The Kier molecular flexibility index (Phi) is 4.39. The van der Waals surface area contributed by atoms with Gasteiger partial charge >= 0.3 is 5.97 Å². The number of halogens is 1. The number of aryl methyl sites for hydroxylation is 1. The summed E-state index contributed by atoms with van der Waals surface area (Å²) in [5, 5.41) is 22.5.